The third-order valence-corrected chi connectivity index (χ3v) is 7.49. The molecule has 1 amide bonds. The van der Waals surface area contributed by atoms with Crippen LogP contribution in [0.2, 0.25) is 0 Å². The van der Waals surface area contributed by atoms with Gasteiger partial charge in [-0.15, -0.1) is 0 Å². The largest absolute Gasteiger partial charge is 0.336 e. The van der Waals surface area contributed by atoms with Crippen molar-refractivity contribution in [2.24, 2.45) is 0 Å². The summed E-state index contributed by atoms with van der Waals surface area (Å²) in [4.78, 5) is 17.2. The van der Waals surface area contributed by atoms with E-state index in [2.05, 4.69) is 21.7 Å². The van der Waals surface area contributed by atoms with E-state index < -0.39 is 10.0 Å². The number of anilines is 1. The SMILES string of the molecule is C[C@H]1Cc2cc(C(=O)N3CCN(Cc4ccsc4)CC3)ccc2N1S(C)(=O)=O. The zero-order valence-electron chi connectivity index (χ0n) is 16.2. The second-order valence-electron chi connectivity index (χ2n) is 7.66. The molecule has 0 N–H and O–H groups in total. The molecule has 0 saturated carbocycles. The molecule has 0 bridgehead atoms. The number of carbonyl (C=O) groups is 1. The monoisotopic (exact) mass is 419 g/mol. The van der Waals surface area contributed by atoms with Crippen molar-refractivity contribution in [1.29, 1.82) is 0 Å². The number of hydrogen-bond donors (Lipinski definition) is 0. The van der Waals surface area contributed by atoms with Crippen LogP contribution in [0.3, 0.4) is 0 Å². The third kappa shape index (κ3) is 3.81. The van der Waals surface area contributed by atoms with Crippen molar-refractivity contribution in [2.45, 2.75) is 25.9 Å². The number of hydrogen-bond acceptors (Lipinski definition) is 5. The van der Waals surface area contributed by atoms with Crippen molar-refractivity contribution in [1.82, 2.24) is 9.80 Å². The standard InChI is InChI=1S/C20H25N3O3S2/c1-15-11-18-12-17(3-4-19(18)23(15)28(2,25)26)20(24)22-8-6-21(7-9-22)13-16-5-10-27-14-16/h3-5,10,12,14-15H,6-9,11,13H2,1-2H3/t15-/m0/s1. The molecule has 0 unspecified atom stereocenters. The number of nitrogens with zero attached hydrogens (tertiary/aromatic N) is 3. The summed E-state index contributed by atoms with van der Waals surface area (Å²) in [5.41, 5.74) is 3.60. The fraction of sp³-hybridized carbons (Fsp3) is 0.450. The molecule has 150 valence electrons. The number of rotatable bonds is 4. The molecule has 1 saturated heterocycles. The highest BCUT2D eigenvalue weighted by Crippen LogP contribution is 2.35. The van der Waals surface area contributed by atoms with Crippen molar-refractivity contribution < 1.29 is 13.2 Å². The molecule has 0 spiro atoms. The quantitative estimate of drug-likeness (QED) is 0.764. The van der Waals surface area contributed by atoms with Gasteiger partial charge in [0, 0.05) is 44.3 Å². The summed E-state index contributed by atoms with van der Waals surface area (Å²) >= 11 is 1.71. The van der Waals surface area contributed by atoms with Gasteiger partial charge in [0.15, 0.2) is 0 Å². The molecule has 1 aromatic carbocycles. The van der Waals surface area contributed by atoms with Gasteiger partial charge < -0.3 is 4.90 Å². The molecule has 6 nitrogen and oxygen atoms in total. The van der Waals surface area contributed by atoms with E-state index in [9.17, 15) is 13.2 Å². The molecule has 1 fully saturated rings. The average Bonchev–Trinajstić information content (AvgIpc) is 3.27. The highest BCUT2D eigenvalue weighted by Gasteiger charge is 2.33. The van der Waals surface area contributed by atoms with Crippen LogP contribution in [0, 0.1) is 0 Å². The van der Waals surface area contributed by atoms with Crippen LogP contribution >= 0.6 is 11.3 Å². The summed E-state index contributed by atoms with van der Waals surface area (Å²) in [5.74, 6) is 0.0310. The minimum Gasteiger partial charge on any atom is -0.336 e. The Morgan fingerprint density at radius 2 is 1.93 bits per heavy atom. The van der Waals surface area contributed by atoms with E-state index in [1.165, 1.54) is 16.1 Å². The van der Waals surface area contributed by atoms with Crippen molar-refractivity contribution >= 4 is 33.0 Å². The number of piperazine rings is 1. The van der Waals surface area contributed by atoms with Gasteiger partial charge in [0.2, 0.25) is 10.0 Å². The second-order valence-corrected chi connectivity index (χ2v) is 10.3. The van der Waals surface area contributed by atoms with Crippen LogP contribution in [0.1, 0.15) is 28.4 Å². The molecule has 2 aromatic rings. The predicted molar refractivity (Wildman–Crippen MR) is 112 cm³/mol. The van der Waals surface area contributed by atoms with Crippen molar-refractivity contribution in [3.8, 4) is 0 Å². The Labute approximate surface area is 170 Å². The molecule has 3 heterocycles. The first-order valence-corrected chi connectivity index (χ1v) is 12.3. The van der Waals surface area contributed by atoms with Crippen molar-refractivity contribution in [3.63, 3.8) is 0 Å². The van der Waals surface area contributed by atoms with Crippen molar-refractivity contribution in [3.05, 3.63) is 51.7 Å². The van der Waals surface area contributed by atoms with Gasteiger partial charge in [-0.05, 0) is 59.5 Å². The van der Waals surface area contributed by atoms with E-state index in [1.807, 2.05) is 17.9 Å². The molecule has 2 aliphatic rings. The molecule has 8 heteroatoms. The van der Waals surface area contributed by atoms with Crippen LogP contribution in [0.15, 0.2) is 35.0 Å². The zero-order chi connectivity index (χ0) is 19.9. The zero-order valence-corrected chi connectivity index (χ0v) is 17.8. The van der Waals surface area contributed by atoms with Crippen LogP contribution in [0.25, 0.3) is 0 Å². The maximum absolute atomic E-state index is 13.0. The molecule has 2 aliphatic heterocycles. The lowest BCUT2D eigenvalue weighted by Crippen LogP contribution is -2.48. The lowest BCUT2D eigenvalue weighted by Gasteiger charge is -2.34. The Kier molecular flexibility index (Phi) is 5.20. The summed E-state index contributed by atoms with van der Waals surface area (Å²) in [6, 6.07) is 7.44. The van der Waals surface area contributed by atoms with Gasteiger partial charge in [0.1, 0.15) is 0 Å². The van der Waals surface area contributed by atoms with Crippen LogP contribution in [-0.4, -0.2) is 62.6 Å². The molecular formula is C20H25N3O3S2. The maximum Gasteiger partial charge on any atom is 0.253 e. The Balaban J connectivity index is 1.43. The van der Waals surface area contributed by atoms with E-state index >= 15 is 0 Å². The van der Waals surface area contributed by atoms with Gasteiger partial charge >= 0.3 is 0 Å². The summed E-state index contributed by atoms with van der Waals surface area (Å²) in [7, 11) is -3.31. The van der Waals surface area contributed by atoms with E-state index in [4.69, 9.17) is 0 Å². The number of benzene rings is 1. The summed E-state index contributed by atoms with van der Waals surface area (Å²) in [6.45, 7) is 5.99. The van der Waals surface area contributed by atoms with Gasteiger partial charge in [0.25, 0.3) is 5.91 Å². The Bertz CT molecular complexity index is 965. The number of carbonyl (C=O) groups excluding carboxylic acids is 1. The Hall–Kier alpha value is -1.90. The third-order valence-electron chi connectivity index (χ3n) is 5.48. The highest BCUT2D eigenvalue weighted by atomic mass is 32.2. The molecule has 1 aromatic heterocycles. The van der Waals surface area contributed by atoms with Crippen LogP contribution < -0.4 is 4.31 Å². The molecule has 4 rings (SSSR count). The first kappa shape index (κ1) is 19.4. The topological polar surface area (TPSA) is 60.9 Å². The number of amides is 1. The summed E-state index contributed by atoms with van der Waals surface area (Å²) in [5, 5.41) is 4.26. The minimum absolute atomic E-state index is 0.0310. The lowest BCUT2D eigenvalue weighted by molar-refractivity contribution is 0.0628. The molecular weight excluding hydrogens is 394 g/mol. The first-order chi connectivity index (χ1) is 13.3. The lowest BCUT2D eigenvalue weighted by atomic mass is 10.1. The molecule has 28 heavy (non-hydrogen) atoms. The van der Waals surface area contributed by atoms with E-state index in [0.717, 1.165) is 25.2 Å². The fourth-order valence-electron chi connectivity index (χ4n) is 4.17. The minimum atomic E-state index is -3.31. The van der Waals surface area contributed by atoms with Crippen LogP contribution in [0.5, 0.6) is 0 Å². The first-order valence-electron chi connectivity index (χ1n) is 9.48. The molecule has 1 atom stereocenters. The Morgan fingerprint density at radius 1 is 1.18 bits per heavy atom. The molecule has 0 aliphatic carbocycles. The summed E-state index contributed by atoms with van der Waals surface area (Å²) in [6.07, 6.45) is 1.87. The number of sulfonamides is 1. The average molecular weight is 420 g/mol. The van der Waals surface area contributed by atoms with Crippen molar-refractivity contribution in [2.75, 3.05) is 36.7 Å². The van der Waals surface area contributed by atoms with Gasteiger partial charge in [-0.2, -0.15) is 11.3 Å². The second kappa shape index (κ2) is 7.50. The normalized spacial score (nSPS) is 20.4. The fourth-order valence-corrected chi connectivity index (χ4v) is 6.10. The number of thiophene rings is 1. The van der Waals surface area contributed by atoms with Crippen LogP contribution in [0.4, 0.5) is 5.69 Å². The Morgan fingerprint density at radius 3 is 2.57 bits per heavy atom. The van der Waals surface area contributed by atoms with Gasteiger partial charge in [-0.3, -0.25) is 14.0 Å². The predicted octanol–water partition coefficient (Wildman–Crippen LogP) is 2.42. The van der Waals surface area contributed by atoms with Gasteiger partial charge in [-0.25, -0.2) is 8.42 Å². The highest BCUT2D eigenvalue weighted by molar-refractivity contribution is 7.92. The molecule has 0 radical (unpaired) electrons. The van der Waals surface area contributed by atoms with Gasteiger partial charge in [-0.1, -0.05) is 0 Å². The van der Waals surface area contributed by atoms with E-state index in [-0.39, 0.29) is 11.9 Å². The van der Waals surface area contributed by atoms with Gasteiger partial charge in [0.05, 0.1) is 11.9 Å². The maximum atomic E-state index is 13.0. The summed E-state index contributed by atoms with van der Waals surface area (Å²) < 4.78 is 25.6. The van der Waals surface area contributed by atoms with E-state index in [1.54, 1.807) is 23.5 Å². The van der Waals surface area contributed by atoms with Crippen LogP contribution in [-0.2, 0) is 23.0 Å². The number of fused-ring (bicyclic) bond motifs is 1. The van der Waals surface area contributed by atoms with E-state index in [0.29, 0.717) is 30.8 Å². The smallest absolute Gasteiger partial charge is 0.253 e.